The molecule has 0 aromatic heterocycles. The Morgan fingerprint density at radius 2 is 2.22 bits per heavy atom. The summed E-state index contributed by atoms with van der Waals surface area (Å²) in [5.41, 5.74) is 0.909. The molecule has 0 radical (unpaired) electrons. The van der Waals surface area contributed by atoms with Crippen LogP contribution in [0.4, 0.5) is 0 Å². The van der Waals surface area contributed by atoms with Crippen molar-refractivity contribution < 1.29 is 4.79 Å². The van der Waals surface area contributed by atoms with E-state index in [1.54, 1.807) is 0 Å². The summed E-state index contributed by atoms with van der Waals surface area (Å²) in [5.74, 6) is 1.62. The van der Waals surface area contributed by atoms with Crippen molar-refractivity contribution in [2.45, 2.75) is 19.3 Å². The number of carbonyl (C=O) groups excluding carboxylic acids is 1. The highest BCUT2D eigenvalue weighted by atomic mass is 16.1. The van der Waals surface area contributed by atoms with Crippen molar-refractivity contribution in [1.29, 1.82) is 0 Å². The van der Waals surface area contributed by atoms with Crippen LogP contribution in [0, 0.1) is 11.8 Å². The molecule has 0 amide bonds. The highest BCUT2D eigenvalue weighted by molar-refractivity contribution is 5.98. The molecule has 2 aliphatic rings. The lowest BCUT2D eigenvalue weighted by Crippen LogP contribution is -2.19. The first kappa shape index (κ1) is 5.21. The first-order chi connectivity index (χ1) is 4.29. The molecule has 0 aromatic rings. The van der Waals surface area contributed by atoms with Crippen molar-refractivity contribution >= 4 is 5.78 Å². The van der Waals surface area contributed by atoms with Gasteiger partial charge in [0, 0.05) is 6.42 Å². The van der Waals surface area contributed by atoms with Crippen LogP contribution in [-0.4, -0.2) is 5.78 Å². The van der Waals surface area contributed by atoms with Crippen LogP contribution in [0.1, 0.15) is 19.3 Å². The fourth-order valence-corrected chi connectivity index (χ4v) is 1.85. The first-order valence-corrected chi connectivity index (χ1v) is 3.51. The standard InChI is InChI=1S/C8H10O/c1-5-7-3-2-6(7)4-8(5)9/h6-7H,1-4H2. The molecule has 2 saturated carbocycles. The van der Waals surface area contributed by atoms with Crippen LogP contribution in [-0.2, 0) is 4.79 Å². The van der Waals surface area contributed by atoms with Crippen LogP contribution < -0.4 is 0 Å². The van der Waals surface area contributed by atoms with Gasteiger partial charge in [0.2, 0.25) is 0 Å². The molecule has 0 aliphatic heterocycles. The van der Waals surface area contributed by atoms with E-state index in [1.165, 1.54) is 12.8 Å². The minimum Gasteiger partial charge on any atom is -0.295 e. The minimum absolute atomic E-state index is 0.322. The van der Waals surface area contributed by atoms with Gasteiger partial charge in [-0.3, -0.25) is 4.79 Å². The lowest BCUT2D eigenvalue weighted by Gasteiger charge is -2.29. The highest BCUT2D eigenvalue weighted by Crippen LogP contribution is 2.47. The van der Waals surface area contributed by atoms with Gasteiger partial charge in [0.1, 0.15) is 0 Å². The molecule has 1 heteroatoms. The summed E-state index contributed by atoms with van der Waals surface area (Å²) >= 11 is 0. The number of Topliss-reactive ketones (excluding diaryl/α,β-unsaturated/α-hetero) is 1. The Morgan fingerprint density at radius 1 is 1.44 bits per heavy atom. The summed E-state index contributed by atoms with van der Waals surface area (Å²) in [6.45, 7) is 3.77. The van der Waals surface area contributed by atoms with Gasteiger partial charge in [0.25, 0.3) is 0 Å². The normalized spacial score (nSPS) is 40.4. The molecule has 0 heterocycles. The predicted octanol–water partition coefficient (Wildman–Crippen LogP) is 1.54. The molecule has 48 valence electrons. The maximum absolute atomic E-state index is 10.9. The van der Waals surface area contributed by atoms with Gasteiger partial charge in [0.05, 0.1) is 0 Å². The monoisotopic (exact) mass is 122 g/mol. The third-order valence-electron chi connectivity index (χ3n) is 2.67. The van der Waals surface area contributed by atoms with Crippen LogP contribution >= 0.6 is 0 Å². The van der Waals surface area contributed by atoms with Gasteiger partial charge in [-0.15, -0.1) is 0 Å². The second-order valence-electron chi connectivity index (χ2n) is 3.10. The van der Waals surface area contributed by atoms with E-state index in [-0.39, 0.29) is 0 Å². The quantitative estimate of drug-likeness (QED) is 0.445. The zero-order valence-electron chi connectivity index (χ0n) is 5.39. The first-order valence-electron chi connectivity index (χ1n) is 3.51. The molecule has 0 aromatic carbocycles. The van der Waals surface area contributed by atoms with Crippen LogP contribution in [0.3, 0.4) is 0 Å². The third kappa shape index (κ3) is 0.521. The van der Waals surface area contributed by atoms with Gasteiger partial charge in [-0.05, 0) is 30.3 Å². The molecule has 2 unspecified atom stereocenters. The van der Waals surface area contributed by atoms with Crippen LogP contribution in [0.25, 0.3) is 0 Å². The molecule has 9 heavy (non-hydrogen) atoms. The molecule has 1 nitrogen and oxygen atoms in total. The zero-order valence-corrected chi connectivity index (χ0v) is 5.39. The maximum Gasteiger partial charge on any atom is 0.158 e. The molecule has 0 N–H and O–H groups in total. The Morgan fingerprint density at radius 3 is 2.44 bits per heavy atom. The second-order valence-corrected chi connectivity index (χ2v) is 3.10. The Kier molecular flexibility index (Phi) is 0.850. The van der Waals surface area contributed by atoms with Crippen molar-refractivity contribution in [3.63, 3.8) is 0 Å². The number of ketones is 1. The topological polar surface area (TPSA) is 17.1 Å². The molecule has 2 fully saturated rings. The lowest BCUT2D eigenvalue weighted by molar-refractivity contribution is -0.114. The molecule has 0 spiro atoms. The summed E-state index contributed by atoms with van der Waals surface area (Å²) in [7, 11) is 0. The lowest BCUT2D eigenvalue weighted by atomic mass is 9.75. The highest BCUT2D eigenvalue weighted by Gasteiger charge is 2.42. The Bertz CT molecular complexity index is 181. The SMILES string of the molecule is C=C1C(=O)CC2CCC12. The van der Waals surface area contributed by atoms with E-state index in [0.29, 0.717) is 17.6 Å². The average molecular weight is 122 g/mol. The summed E-state index contributed by atoms with van der Waals surface area (Å²) in [6.07, 6.45) is 3.27. The number of rotatable bonds is 0. The Labute approximate surface area is 54.8 Å². The van der Waals surface area contributed by atoms with Crippen molar-refractivity contribution in [3.8, 4) is 0 Å². The van der Waals surface area contributed by atoms with Crippen molar-refractivity contribution in [3.05, 3.63) is 12.2 Å². The van der Waals surface area contributed by atoms with Gasteiger partial charge in [-0.2, -0.15) is 0 Å². The van der Waals surface area contributed by atoms with Crippen molar-refractivity contribution in [2.24, 2.45) is 11.8 Å². The molecule has 2 atom stereocenters. The largest absolute Gasteiger partial charge is 0.295 e. The van der Waals surface area contributed by atoms with E-state index < -0.39 is 0 Å². The third-order valence-corrected chi connectivity index (χ3v) is 2.67. The van der Waals surface area contributed by atoms with Gasteiger partial charge in [-0.1, -0.05) is 6.58 Å². The van der Waals surface area contributed by atoms with Gasteiger partial charge in [-0.25, -0.2) is 0 Å². The summed E-state index contributed by atoms with van der Waals surface area (Å²) < 4.78 is 0. The fourth-order valence-electron chi connectivity index (χ4n) is 1.85. The number of hydrogen-bond acceptors (Lipinski definition) is 1. The Hall–Kier alpha value is -0.590. The molecular formula is C8H10O. The van der Waals surface area contributed by atoms with E-state index in [9.17, 15) is 4.79 Å². The van der Waals surface area contributed by atoms with Crippen LogP contribution in [0.15, 0.2) is 12.2 Å². The fraction of sp³-hybridized carbons (Fsp3) is 0.625. The second kappa shape index (κ2) is 1.47. The van der Waals surface area contributed by atoms with E-state index in [2.05, 4.69) is 6.58 Å². The van der Waals surface area contributed by atoms with E-state index in [4.69, 9.17) is 0 Å². The van der Waals surface area contributed by atoms with Crippen LogP contribution in [0.2, 0.25) is 0 Å². The van der Waals surface area contributed by atoms with Gasteiger partial charge in [0.15, 0.2) is 5.78 Å². The van der Waals surface area contributed by atoms with Crippen LogP contribution in [0.5, 0.6) is 0 Å². The Balaban J connectivity index is 2.25. The number of fused-ring (bicyclic) bond motifs is 1. The average Bonchev–Trinajstić information content (AvgIpc) is 1.92. The molecular weight excluding hydrogens is 112 g/mol. The van der Waals surface area contributed by atoms with Gasteiger partial charge >= 0.3 is 0 Å². The number of hydrogen-bond donors (Lipinski definition) is 0. The minimum atomic E-state index is 0.322. The maximum atomic E-state index is 10.9. The molecule has 0 bridgehead atoms. The molecule has 2 rings (SSSR count). The smallest absolute Gasteiger partial charge is 0.158 e. The van der Waals surface area contributed by atoms with Gasteiger partial charge < -0.3 is 0 Å². The van der Waals surface area contributed by atoms with Crippen molar-refractivity contribution in [2.75, 3.05) is 0 Å². The number of allylic oxidation sites excluding steroid dienone is 1. The van der Waals surface area contributed by atoms with E-state index >= 15 is 0 Å². The number of carbonyl (C=O) groups is 1. The predicted molar refractivity (Wildman–Crippen MR) is 35.0 cm³/mol. The summed E-state index contributed by atoms with van der Waals surface area (Å²) in [4.78, 5) is 10.9. The molecule has 0 saturated heterocycles. The molecule has 2 aliphatic carbocycles. The summed E-state index contributed by atoms with van der Waals surface area (Å²) in [6, 6.07) is 0. The zero-order chi connectivity index (χ0) is 6.43. The van der Waals surface area contributed by atoms with E-state index in [0.717, 1.165) is 12.0 Å². The van der Waals surface area contributed by atoms with E-state index in [1.807, 2.05) is 0 Å². The van der Waals surface area contributed by atoms with Crippen molar-refractivity contribution in [1.82, 2.24) is 0 Å². The summed E-state index contributed by atoms with van der Waals surface area (Å²) in [5, 5.41) is 0.